The molecule has 2 unspecified atom stereocenters. The predicted octanol–water partition coefficient (Wildman–Crippen LogP) is 2.56. The number of carboxylic acids is 2. The van der Waals surface area contributed by atoms with E-state index in [1.807, 2.05) is 28.1 Å². The standard InChI is InChI=1S/C16H30N2O3.C5H11NO2/c1-3-5-6-7-8-9-10-14-17-11-12-18(14,13-16(20)21)15(19)4-2;1-6(2,3)4-5(7)8/h15,19H,3-13H2,1-2H3;4H2,1-3H3/p+2. The van der Waals surface area contributed by atoms with Crippen LogP contribution >= 0.6 is 0 Å². The molecule has 29 heavy (non-hydrogen) atoms. The number of likely N-dealkylation sites (N-methyl/N-ethyl adjacent to an activating group) is 1. The summed E-state index contributed by atoms with van der Waals surface area (Å²) in [4.78, 5) is 25.7. The largest absolute Gasteiger partial charge is 0.477 e. The first-order chi connectivity index (χ1) is 13.5. The average molecular weight is 418 g/mol. The summed E-state index contributed by atoms with van der Waals surface area (Å²) in [5.41, 5.74) is 0. The third-order valence-corrected chi connectivity index (χ3v) is 5.02. The number of unbranched alkanes of at least 4 members (excludes halogenated alkanes) is 5. The highest BCUT2D eigenvalue weighted by Gasteiger charge is 2.44. The molecule has 0 saturated heterocycles. The van der Waals surface area contributed by atoms with Crippen LogP contribution < -0.4 is 0 Å². The van der Waals surface area contributed by atoms with E-state index >= 15 is 0 Å². The molecular weight excluding hydrogens is 374 g/mol. The molecule has 0 aliphatic carbocycles. The van der Waals surface area contributed by atoms with Crippen molar-refractivity contribution in [3.63, 3.8) is 0 Å². The fourth-order valence-electron chi connectivity index (χ4n) is 3.59. The van der Waals surface area contributed by atoms with Gasteiger partial charge >= 0.3 is 11.9 Å². The maximum atomic E-state index is 11.2. The van der Waals surface area contributed by atoms with Gasteiger partial charge < -0.3 is 19.8 Å². The molecule has 0 radical (unpaired) electrons. The molecule has 1 aliphatic heterocycles. The maximum Gasteiger partial charge on any atom is 0.359 e. The first kappa shape index (κ1) is 27.5. The second-order valence-corrected chi connectivity index (χ2v) is 8.86. The van der Waals surface area contributed by atoms with Gasteiger partial charge in [0.05, 0.1) is 27.7 Å². The molecule has 0 aromatic heterocycles. The summed E-state index contributed by atoms with van der Waals surface area (Å²) in [5, 5.41) is 27.7. The topological polar surface area (TPSA) is 107 Å². The molecule has 0 spiro atoms. The quantitative estimate of drug-likeness (QED) is 0.315. The fourth-order valence-corrected chi connectivity index (χ4v) is 3.59. The predicted molar refractivity (Wildman–Crippen MR) is 115 cm³/mol. The van der Waals surface area contributed by atoms with Gasteiger partial charge in [0.1, 0.15) is 6.54 Å². The van der Waals surface area contributed by atoms with Crippen LogP contribution in [0.3, 0.4) is 0 Å². The monoisotopic (exact) mass is 417 g/mol. The Kier molecular flexibility index (Phi) is 13.0. The van der Waals surface area contributed by atoms with E-state index < -0.39 is 18.2 Å². The van der Waals surface area contributed by atoms with Gasteiger partial charge in [-0.25, -0.2) is 19.1 Å². The summed E-state index contributed by atoms with van der Waals surface area (Å²) in [7, 11) is 5.52. The van der Waals surface area contributed by atoms with Crippen molar-refractivity contribution in [3.8, 4) is 0 Å². The minimum Gasteiger partial charge on any atom is -0.477 e. The van der Waals surface area contributed by atoms with Gasteiger partial charge in [-0.2, -0.15) is 0 Å². The molecule has 0 aromatic carbocycles. The number of hydrogen-bond donors (Lipinski definition) is 3. The van der Waals surface area contributed by atoms with Crippen molar-refractivity contribution in [2.75, 3.05) is 47.3 Å². The Bertz CT molecular complexity index is 531. The van der Waals surface area contributed by atoms with E-state index in [4.69, 9.17) is 5.11 Å². The van der Waals surface area contributed by atoms with Crippen molar-refractivity contribution in [2.45, 2.75) is 71.4 Å². The Morgan fingerprint density at radius 1 is 1.03 bits per heavy atom. The molecule has 0 bridgehead atoms. The van der Waals surface area contributed by atoms with Crippen molar-refractivity contribution in [1.29, 1.82) is 0 Å². The highest BCUT2D eigenvalue weighted by molar-refractivity contribution is 5.80. The Morgan fingerprint density at radius 2 is 1.62 bits per heavy atom. The lowest BCUT2D eigenvalue weighted by molar-refractivity contribution is -0.879. The number of nitrogens with zero attached hydrogens (tertiary/aromatic N) is 3. The minimum atomic E-state index is -0.861. The highest BCUT2D eigenvalue weighted by Crippen LogP contribution is 2.24. The summed E-state index contributed by atoms with van der Waals surface area (Å²) < 4.78 is 0.635. The molecular formula is C21H43N3O5+2. The molecule has 2 atom stereocenters. The van der Waals surface area contributed by atoms with E-state index in [0.29, 0.717) is 24.0 Å². The summed E-state index contributed by atoms with van der Waals surface area (Å²) in [6.07, 6.45) is 7.96. The van der Waals surface area contributed by atoms with E-state index in [2.05, 4.69) is 11.9 Å². The number of aliphatic imine (C=N–C) groups is 1. The molecule has 1 heterocycles. The third-order valence-electron chi connectivity index (χ3n) is 5.02. The molecule has 0 aromatic rings. The van der Waals surface area contributed by atoms with Crippen molar-refractivity contribution in [2.24, 2.45) is 4.99 Å². The Labute approximate surface area is 176 Å². The van der Waals surface area contributed by atoms with Crippen molar-refractivity contribution >= 4 is 17.8 Å². The summed E-state index contributed by atoms with van der Waals surface area (Å²) in [6.45, 7) is 5.48. The molecule has 3 N–H and O–H groups in total. The fraction of sp³-hybridized carbons (Fsp3) is 0.857. The lowest BCUT2D eigenvalue weighted by Crippen LogP contribution is -2.60. The minimum absolute atomic E-state index is 0.0519. The summed E-state index contributed by atoms with van der Waals surface area (Å²) in [6, 6.07) is 0. The molecule has 0 saturated carbocycles. The molecule has 0 fully saturated rings. The van der Waals surface area contributed by atoms with Crippen LogP contribution in [0.2, 0.25) is 0 Å². The molecule has 1 rings (SSSR count). The second kappa shape index (κ2) is 13.7. The number of aliphatic hydroxyl groups is 1. The molecule has 8 nitrogen and oxygen atoms in total. The van der Waals surface area contributed by atoms with E-state index in [9.17, 15) is 19.8 Å². The number of carboxylic acid groups (broad SMARTS) is 2. The normalized spacial score (nSPS) is 19.9. The van der Waals surface area contributed by atoms with Gasteiger partial charge in [-0.15, -0.1) is 0 Å². The van der Waals surface area contributed by atoms with Gasteiger partial charge in [-0.05, 0) is 6.42 Å². The zero-order valence-electron chi connectivity index (χ0n) is 19.1. The Hall–Kier alpha value is -1.51. The lowest BCUT2D eigenvalue weighted by Gasteiger charge is -2.37. The van der Waals surface area contributed by atoms with E-state index in [1.165, 1.54) is 25.7 Å². The van der Waals surface area contributed by atoms with Gasteiger partial charge in [0, 0.05) is 12.8 Å². The van der Waals surface area contributed by atoms with Crippen molar-refractivity contribution in [1.82, 2.24) is 0 Å². The van der Waals surface area contributed by atoms with E-state index in [-0.39, 0.29) is 17.6 Å². The zero-order chi connectivity index (χ0) is 22.5. The summed E-state index contributed by atoms with van der Waals surface area (Å²) >= 11 is 0. The van der Waals surface area contributed by atoms with E-state index in [1.54, 1.807) is 0 Å². The van der Waals surface area contributed by atoms with Crippen LogP contribution in [0.5, 0.6) is 0 Å². The number of carbonyl (C=O) groups is 2. The Balaban J connectivity index is 0.000000828. The average Bonchev–Trinajstić information content (AvgIpc) is 2.98. The summed E-state index contributed by atoms with van der Waals surface area (Å²) in [5.74, 6) is -0.722. The molecule has 0 amide bonds. The van der Waals surface area contributed by atoms with Crippen molar-refractivity contribution in [3.05, 3.63) is 0 Å². The van der Waals surface area contributed by atoms with Crippen LogP contribution in [0.4, 0.5) is 0 Å². The Morgan fingerprint density at radius 3 is 2.07 bits per heavy atom. The number of hydrogen-bond acceptors (Lipinski definition) is 4. The highest BCUT2D eigenvalue weighted by atomic mass is 16.4. The van der Waals surface area contributed by atoms with Gasteiger partial charge in [0.25, 0.3) is 0 Å². The zero-order valence-corrected chi connectivity index (χ0v) is 19.1. The van der Waals surface area contributed by atoms with E-state index in [0.717, 1.165) is 25.1 Å². The second-order valence-electron chi connectivity index (χ2n) is 8.86. The first-order valence-corrected chi connectivity index (χ1v) is 10.8. The van der Waals surface area contributed by atoms with Crippen molar-refractivity contribution < 1.29 is 33.9 Å². The van der Waals surface area contributed by atoms with Crippen LogP contribution in [0.25, 0.3) is 0 Å². The van der Waals surface area contributed by atoms with Crippen LogP contribution in [0.1, 0.15) is 65.2 Å². The number of aliphatic hydroxyl groups excluding tert-OH is 1. The number of aliphatic carboxylic acids is 2. The number of amidine groups is 1. The lowest BCUT2D eigenvalue weighted by atomic mass is 10.1. The number of quaternary nitrogens is 2. The third kappa shape index (κ3) is 11.3. The number of rotatable bonds is 13. The van der Waals surface area contributed by atoms with Gasteiger partial charge in [-0.1, -0.05) is 46.0 Å². The maximum absolute atomic E-state index is 11.2. The van der Waals surface area contributed by atoms with Crippen LogP contribution in [-0.4, -0.2) is 95.6 Å². The molecule has 170 valence electrons. The van der Waals surface area contributed by atoms with Crippen LogP contribution in [0.15, 0.2) is 4.99 Å². The van der Waals surface area contributed by atoms with Crippen LogP contribution in [0, 0.1) is 0 Å². The molecule has 1 aliphatic rings. The van der Waals surface area contributed by atoms with Gasteiger partial charge in [-0.3, -0.25) is 0 Å². The van der Waals surface area contributed by atoms with Gasteiger partial charge in [0.2, 0.25) is 5.84 Å². The smallest absolute Gasteiger partial charge is 0.359 e. The van der Waals surface area contributed by atoms with Crippen LogP contribution in [-0.2, 0) is 9.59 Å². The van der Waals surface area contributed by atoms with Gasteiger partial charge in [0.15, 0.2) is 19.3 Å². The first-order valence-electron chi connectivity index (χ1n) is 10.8. The molecule has 8 heteroatoms. The SMILES string of the molecule is CCCCCCCCC1=NCC[N+]1(CC(=O)O)C(O)CC.C[N+](C)(C)CC(=O)O.